The number of aliphatic hydroxyl groups is 5. The Hall–Kier alpha value is -6.18. The van der Waals surface area contributed by atoms with Gasteiger partial charge in [0.2, 0.25) is 0 Å². The SMILES string of the molecule is CC[C@H]([C@@H]1CC[C@@H](N=[N+]=[N-])[C@@H](O[C@H]2[C@H](O[C@@H]3O[C@H](CO)[C@@H](O[C@H]4O[C@@H](CN=[N+]=[N-])[C@@H](O)[C@H](O)[C@H]4N=[N+]=[N-])[C@H]3O)[C@@H](O)[C@H](N=[N+]=[N-])C[C@@H]2N=[N+]=[N-])O1)N(Cc1ccccc1)C(=O)OCc1ccccc1. The monoisotopic (exact) mass is 964 g/mol. The molecule has 3 saturated heterocycles. The van der Waals surface area contributed by atoms with Gasteiger partial charge in [0.05, 0.1) is 67.8 Å². The molecule has 0 spiro atoms. The lowest BCUT2D eigenvalue weighted by Crippen LogP contribution is -2.61. The first kappa shape index (κ1) is 52.2. The van der Waals surface area contributed by atoms with E-state index < -0.39 is 129 Å². The van der Waals surface area contributed by atoms with E-state index in [1.807, 2.05) is 67.6 Å². The van der Waals surface area contributed by atoms with Crippen LogP contribution in [-0.4, -0.2) is 160 Å². The van der Waals surface area contributed by atoms with Gasteiger partial charge >= 0.3 is 6.09 Å². The molecule has 29 nitrogen and oxygen atoms in total. The summed E-state index contributed by atoms with van der Waals surface area (Å²) in [6, 6.07) is 12.4. The van der Waals surface area contributed by atoms with Gasteiger partial charge in [-0.1, -0.05) is 93.2 Å². The summed E-state index contributed by atoms with van der Waals surface area (Å²) in [5.74, 6) is 0. The third-order valence-electron chi connectivity index (χ3n) is 12.3. The number of carbonyl (C=O) groups excluding carboxylic acids is 1. The fraction of sp³-hybridized carbons (Fsp3) is 0.675. The van der Waals surface area contributed by atoms with Crippen molar-refractivity contribution < 1.29 is 63.5 Å². The molecule has 0 bridgehead atoms. The fourth-order valence-electron chi connectivity index (χ4n) is 8.89. The first-order valence-electron chi connectivity index (χ1n) is 21.9. The van der Waals surface area contributed by atoms with Gasteiger partial charge in [0, 0.05) is 31.1 Å². The van der Waals surface area contributed by atoms with Crippen LogP contribution in [0.2, 0.25) is 0 Å². The predicted molar refractivity (Wildman–Crippen MR) is 234 cm³/mol. The smallest absolute Gasteiger partial charge is 0.410 e. The van der Waals surface area contributed by atoms with Gasteiger partial charge in [0.15, 0.2) is 18.9 Å². The van der Waals surface area contributed by atoms with Crippen molar-refractivity contribution in [3.05, 3.63) is 124 Å². The summed E-state index contributed by atoms with van der Waals surface area (Å²) >= 11 is 0. The number of benzene rings is 2. The van der Waals surface area contributed by atoms with E-state index in [-0.39, 0.29) is 32.4 Å². The highest BCUT2D eigenvalue weighted by molar-refractivity contribution is 5.68. The molecular weight excluding hydrogens is 913 g/mol. The third kappa shape index (κ3) is 12.7. The van der Waals surface area contributed by atoms with Gasteiger partial charge in [-0.3, -0.25) is 4.90 Å². The number of hydrogen-bond donors (Lipinski definition) is 5. The molecule has 1 amide bonds. The van der Waals surface area contributed by atoms with Gasteiger partial charge < -0.3 is 58.7 Å². The second-order valence-electron chi connectivity index (χ2n) is 16.4. The van der Waals surface area contributed by atoms with Crippen molar-refractivity contribution in [2.45, 2.75) is 156 Å². The van der Waals surface area contributed by atoms with Crippen molar-refractivity contribution in [2.24, 2.45) is 25.6 Å². The molecule has 4 aliphatic rings. The van der Waals surface area contributed by atoms with Crippen LogP contribution in [0.1, 0.15) is 43.7 Å². The molecule has 0 aromatic heterocycles. The Morgan fingerprint density at radius 3 is 1.93 bits per heavy atom. The summed E-state index contributed by atoms with van der Waals surface area (Å²) in [6.07, 6.45) is -20.8. The molecular formula is C40H52N16O13. The van der Waals surface area contributed by atoms with Gasteiger partial charge in [-0.15, -0.1) is 0 Å². The second kappa shape index (κ2) is 25.4. The number of amides is 1. The zero-order chi connectivity index (χ0) is 49.5. The molecule has 29 heteroatoms. The Kier molecular flexibility index (Phi) is 19.2. The molecule has 3 heterocycles. The van der Waals surface area contributed by atoms with E-state index in [1.54, 1.807) is 4.90 Å². The highest BCUT2D eigenvalue weighted by atomic mass is 16.8. The maximum atomic E-state index is 14.0. The van der Waals surface area contributed by atoms with Crippen LogP contribution >= 0.6 is 0 Å². The molecule has 0 unspecified atom stereocenters. The largest absolute Gasteiger partial charge is 0.445 e. The number of ether oxygens (including phenoxy) is 7. The molecule has 2 aromatic rings. The Balaban J connectivity index is 1.28. The Morgan fingerprint density at radius 1 is 0.681 bits per heavy atom. The van der Waals surface area contributed by atoms with Gasteiger partial charge in [0.25, 0.3) is 0 Å². The van der Waals surface area contributed by atoms with Crippen molar-refractivity contribution in [1.82, 2.24) is 4.90 Å². The maximum Gasteiger partial charge on any atom is 0.410 e. The summed E-state index contributed by atoms with van der Waals surface area (Å²) in [4.78, 5) is 29.6. The van der Waals surface area contributed by atoms with Crippen molar-refractivity contribution >= 4 is 6.09 Å². The summed E-state index contributed by atoms with van der Waals surface area (Å²) in [5.41, 5.74) is 48.4. The zero-order valence-corrected chi connectivity index (χ0v) is 37.0. The molecule has 3 aliphatic heterocycles. The predicted octanol–water partition coefficient (Wildman–Crippen LogP) is 4.58. The van der Waals surface area contributed by atoms with E-state index in [1.165, 1.54) is 0 Å². The Labute approximate surface area is 392 Å². The van der Waals surface area contributed by atoms with Gasteiger partial charge in [-0.05, 0) is 64.5 Å². The van der Waals surface area contributed by atoms with Crippen LogP contribution in [0, 0.1) is 0 Å². The highest BCUT2D eigenvalue weighted by Gasteiger charge is 2.55. The van der Waals surface area contributed by atoms with Crippen LogP contribution in [-0.2, 0) is 46.3 Å². The summed E-state index contributed by atoms with van der Waals surface area (Å²) < 4.78 is 42.6. The number of hydrogen-bond acceptors (Lipinski definition) is 18. The first-order valence-corrected chi connectivity index (χ1v) is 21.9. The lowest BCUT2D eigenvalue weighted by atomic mass is 9.84. The molecule has 69 heavy (non-hydrogen) atoms. The number of azide groups is 5. The molecule has 1 aliphatic carbocycles. The van der Waals surface area contributed by atoms with E-state index in [2.05, 4.69) is 50.1 Å². The second-order valence-corrected chi connectivity index (χ2v) is 16.4. The minimum Gasteiger partial charge on any atom is -0.445 e. The van der Waals surface area contributed by atoms with E-state index >= 15 is 0 Å². The van der Waals surface area contributed by atoms with Crippen LogP contribution in [0.25, 0.3) is 52.2 Å². The van der Waals surface area contributed by atoms with Gasteiger partial charge in [-0.25, -0.2) is 4.79 Å². The maximum absolute atomic E-state index is 14.0. The summed E-state index contributed by atoms with van der Waals surface area (Å²) in [5, 5.41) is 73.5. The van der Waals surface area contributed by atoms with Crippen LogP contribution < -0.4 is 0 Å². The number of rotatable bonds is 20. The fourth-order valence-corrected chi connectivity index (χ4v) is 8.89. The first-order chi connectivity index (χ1) is 33.5. The summed E-state index contributed by atoms with van der Waals surface area (Å²) in [6.45, 7) is 0.644. The minimum atomic E-state index is -1.89. The molecule has 6 rings (SSSR count). The highest BCUT2D eigenvalue weighted by Crippen LogP contribution is 2.38. The normalized spacial score (nSPS) is 34.5. The lowest BCUT2D eigenvalue weighted by molar-refractivity contribution is -0.292. The van der Waals surface area contributed by atoms with E-state index in [4.69, 9.17) is 38.7 Å². The standard InChI is InChI=1S/C40H52N16O13/c1-2-25(56(17-20-9-5-3-6-10-20)40(62)63-19-21-11-7-4-8-12-21)26-14-13-22(47-52-42)37(64-26)67-34-24(49-54-44)15-23(48-53-43)30(58)36(34)69-39-33(61)35(28(18-57)66-39)68-38-29(50-55-45)32(60)31(59)27(65-38)16-46-51-41/h3-12,22-39,57-61H,2,13-19H2,1H3/t22-,23-,24+,25-,26+,27+,28-,29-,30+,31-,32-,33-,34-,35-,36-,37-,38-,39+/m1/s1. The Bertz CT molecular complexity index is 2250. The van der Waals surface area contributed by atoms with Crippen molar-refractivity contribution in [3.8, 4) is 0 Å². The lowest BCUT2D eigenvalue weighted by Gasteiger charge is -2.46. The average Bonchev–Trinajstić information content (AvgIpc) is 3.66. The van der Waals surface area contributed by atoms with Crippen LogP contribution in [0.3, 0.4) is 0 Å². The molecule has 18 atom stereocenters. The van der Waals surface area contributed by atoms with Crippen LogP contribution in [0.15, 0.2) is 86.2 Å². The Morgan fingerprint density at radius 2 is 1.29 bits per heavy atom. The molecule has 2 aromatic carbocycles. The molecule has 1 saturated carbocycles. The van der Waals surface area contributed by atoms with Crippen LogP contribution in [0.4, 0.5) is 4.79 Å². The zero-order valence-electron chi connectivity index (χ0n) is 37.0. The van der Waals surface area contributed by atoms with E-state index in [0.29, 0.717) is 6.42 Å². The minimum absolute atomic E-state index is 0.0107. The van der Waals surface area contributed by atoms with Crippen molar-refractivity contribution in [3.63, 3.8) is 0 Å². The van der Waals surface area contributed by atoms with Gasteiger partial charge in [-0.2, -0.15) is 0 Å². The molecule has 5 N–H and O–H groups in total. The van der Waals surface area contributed by atoms with Gasteiger partial charge in [0.1, 0.15) is 43.2 Å². The van der Waals surface area contributed by atoms with E-state index in [0.717, 1.165) is 11.1 Å². The molecule has 0 radical (unpaired) electrons. The van der Waals surface area contributed by atoms with Crippen molar-refractivity contribution in [2.75, 3.05) is 13.2 Å². The number of nitrogens with zero attached hydrogens (tertiary/aromatic N) is 16. The number of carbonyl (C=O) groups is 1. The topological polar surface area (TPSA) is 430 Å². The number of aliphatic hydroxyl groups excluding tert-OH is 5. The quantitative estimate of drug-likeness (QED) is 0.0690. The summed E-state index contributed by atoms with van der Waals surface area (Å²) in [7, 11) is 0. The molecule has 4 fully saturated rings. The van der Waals surface area contributed by atoms with Crippen molar-refractivity contribution in [1.29, 1.82) is 0 Å². The third-order valence-corrected chi connectivity index (χ3v) is 12.3. The average molecular weight is 965 g/mol. The van der Waals surface area contributed by atoms with Crippen LogP contribution in [0.5, 0.6) is 0 Å². The van der Waals surface area contributed by atoms with E-state index in [9.17, 15) is 52.5 Å². The molecule has 370 valence electrons.